The molecule has 2 N–H and O–H groups in total. The van der Waals surface area contributed by atoms with Crippen molar-refractivity contribution in [2.24, 2.45) is 0 Å². The van der Waals surface area contributed by atoms with E-state index in [1.165, 1.54) is 5.01 Å². The van der Waals surface area contributed by atoms with Gasteiger partial charge in [-0.2, -0.15) is 0 Å². The van der Waals surface area contributed by atoms with Crippen LogP contribution in [-0.4, -0.2) is 75.1 Å². The van der Waals surface area contributed by atoms with Gasteiger partial charge in [0.15, 0.2) is 0 Å². The quantitative estimate of drug-likeness (QED) is 0.494. The lowest BCUT2D eigenvalue weighted by Crippen LogP contribution is -2.76. The summed E-state index contributed by atoms with van der Waals surface area (Å²) in [5.74, 6) is -0.303. The van der Waals surface area contributed by atoms with Crippen LogP contribution in [0.1, 0.15) is 16.7 Å². The number of nitrogens with one attached hydrogen (secondary N) is 1. The van der Waals surface area contributed by atoms with Crippen molar-refractivity contribution < 1.29 is 19.5 Å². The molecule has 0 aliphatic carbocycles. The molecular weight excluding hydrogens is 518 g/mol. The van der Waals surface area contributed by atoms with Crippen LogP contribution in [0.15, 0.2) is 78.9 Å². The van der Waals surface area contributed by atoms with Gasteiger partial charge in [-0.05, 0) is 41.0 Å². The highest BCUT2D eigenvalue weighted by molar-refractivity contribution is 6.30. The summed E-state index contributed by atoms with van der Waals surface area (Å²) in [7, 11) is 1.70. The number of nitrogens with zero attached hydrogens (tertiary/aromatic N) is 4. The zero-order chi connectivity index (χ0) is 27.5. The minimum absolute atomic E-state index is 0.0359. The lowest BCUT2D eigenvalue weighted by atomic mass is 9.98. The smallest absolute Gasteiger partial charge is 0.334 e. The lowest BCUT2D eigenvalue weighted by molar-refractivity contribution is -0.187. The van der Waals surface area contributed by atoms with Crippen molar-refractivity contribution in [3.05, 3.63) is 101 Å². The fourth-order valence-electron chi connectivity index (χ4n) is 5.17. The average Bonchev–Trinajstić information content (AvgIpc) is 2.92. The van der Waals surface area contributed by atoms with Crippen molar-refractivity contribution in [1.29, 1.82) is 0 Å². The normalized spacial score (nSPS) is 19.7. The third kappa shape index (κ3) is 5.84. The van der Waals surface area contributed by atoms with Crippen LogP contribution in [0.25, 0.3) is 0 Å². The van der Waals surface area contributed by atoms with Crippen molar-refractivity contribution in [3.63, 3.8) is 0 Å². The third-order valence-electron chi connectivity index (χ3n) is 7.09. The summed E-state index contributed by atoms with van der Waals surface area (Å²) < 4.78 is 0. The molecule has 2 heterocycles. The molecule has 3 aromatic rings. The first-order chi connectivity index (χ1) is 18.8. The maximum Gasteiger partial charge on any atom is 0.334 e. The Balaban J connectivity index is 1.45. The molecule has 0 radical (unpaired) electrons. The number of phenolic OH excluding ortho intramolecular Hbond substituents is 1. The van der Waals surface area contributed by atoms with Crippen molar-refractivity contribution in [2.45, 2.75) is 31.7 Å². The van der Waals surface area contributed by atoms with Gasteiger partial charge < -0.3 is 20.2 Å². The van der Waals surface area contributed by atoms with Crippen molar-refractivity contribution in [2.75, 3.05) is 20.1 Å². The van der Waals surface area contributed by atoms with Crippen LogP contribution in [0.5, 0.6) is 5.75 Å². The Kier molecular flexibility index (Phi) is 7.72. The predicted octanol–water partition coefficient (Wildman–Crippen LogP) is 3.23. The van der Waals surface area contributed by atoms with E-state index >= 15 is 0 Å². The number of amides is 4. The van der Waals surface area contributed by atoms with Gasteiger partial charge in [0.05, 0.1) is 13.1 Å². The van der Waals surface area contributed by atoms with Gasteiger partial charge in [-0.3, -0.25) is 9.59 Å². The van der Waals surface area contributed by atoms with Crippen LogP contribution in [0, 0.1) is 0 Å². The molecule has 3 aromatic carbocycles. The summed E-state index contributed by atoms with van der Waals surface area (Å²) in [6.07, 6.45) is -0.444. The van der Waals surface area contributed by atoms with Gasteiger partial charge in [-0.25, -0.2) is 14.8 Å². The van der Waals surface area contributed by atoms with E-state index in [9.17, 15) is 19.5 Å². The molecule has 2 saturated heterocycles. The molecule has 5 rings (SSSR count). The number of carbonyl (C=O) groups excluding carboxylic acids is 3. The summed E-state index contributed by atoms with van der Waals surface area (Å²) in [5.41, 5.74) is 2.64. The van der Waals surface area contributed by atoms with Gasteiger partial charge in [0, 0.05) is 31.6 Å². The predicted molar refractivity (Wildman–Crippen MR) is 146 cm³/mol. The van der Waals surface area contributed by atoms with Crippen LogP contribution in [0.4, 0.5) is 4.79 Å². The van der Waals surface area contributed by atoms with E-state index in [4.69, 9.17) is 11.6 Å². The number of halogens is 1. The summed E-state index contributed by atoms with van der Waals surface area (Å²) in [6, 6.07) is 22.3. The molecule has 0 saturated carbocycles. The van der Waals surface area contributed by atoms with E-state index in [1.54, 1.807) is 58.3 Å². The molecule has 0 aromatic heterocycles. The zero-order valence-electron chi connectivity index (χ0n) is 21.5. The number of phenols is 1. The van der Waals surface area contributed by atoms with Crippen LogP contribution in [0.2, 0.25) is 5.02 Å². The Labute approximate surface area is 232 Å². The maximum absolute atomic E-state index is 13.9. The van der Waals surface area contributed by atoms with E-state index in [0.717, 1.165) is 16.7 Å². The Morgan fingerprint density at radius 3 is 2.31 bits per heavy atom. The Morgan fingerprint density at radius 1 is 0.949 bits per heavy atom. The second-order valence-corrected chi connectivity index (χ2v) is 10.3. The minimum Gasteiger partial charge on any atom is -0.508 e. The first-order valence-electron chi connectivity index (χ1n) is 12.7. The molecular formula is C29H30ClN5O4. The topological polar surface area (TPSA) is 96.4 Å². The summed E-state index contributed by atoms with van der Waals surface area (Å²) >= 11 is 6.06. The number of hydrogen-bond acceptors (Lipinski definition) is 5. The molecule has 10 heteroatoms. The fraction of sp³-hybridized carbons (Fsp3) is 0.276. The number of rotatable bonds is 6. The van der Waals surface area contributed by atoms with E-state index < -0.39 is 12.2 Å². The molecule has 39 heavy (non-hydrogen) atoms. The van der Waals surface area contributed by atoms with E-state index in [-0.39, 0.29) is 43.1 Å². The second-order valence-electron chi connectivity index (χ2n) is 9.82. The lowest BCUT2D eigenvalue weighted by Gasteiger charge is -2.54. The molecule has 2 atom stereocenters. The first-order valence-corrected chi connectivity index (χ1v) is 13.1. The molecule has 2 fully saturated rings. The third-order valence-corrected chi connectivity index (χ3v) is 7.34. The monoisotopic (exact) mass is 547 g/mol. The molecule has 2 aliphatic heterocycles. The molecule has 4 amide bonds. The van der Waals surface area contributed by atoms with Crippen LogP contribution in [0.3, 0.4) is 0 Å². The van der Waals surface area contributed by atoms with E-state index in [1.807, 2.05) is 42.5 Å². The number of piperazine rings is 1. The van der Waals surface area contributed by atoms with Gasteiger partial charge in [-0.1, -0.05) is 66.2 Å². The molecule has 0 spiro atoms. The van der Waals surface area contributed by atoms with Gasteiger partial charge in [0.2, 0.25) is 11.8 Å². The number of hydrazine groups is 1. The zero-order valence-corrected chi connectivity index (χ0v) is 22.3. The average molecular weight is 548 g/mol. The number of fused-ring (bicyclic) bond motifs is 1. The number of urea groups is 1. The molecule has 2 aliphatic rings. The van der Waals surface area contributed by atoms with Crippen molar-refractivity contribution in [3.8, 4) is 5.75 Å². The van der Waals surface area contributed by atoms with Crippen molar-refractivity contribution >= 4 is 29.4 Å². The maximum atomic E-state index is 13.9. The highest BCUT2D eigenvalue weighted by Crippen LogP contribution is 2.29. The fourth-order valence-corrected chi connectivity index (χ4v) is 5.29. The molecule has 9 nitrogen and oxygen atoms in total. The number of aromatic hydroxyl groups is 1. The summed E-state index contributed by atoms with van der Waals surface area (Å²) in [4.78, 5) is 44.0. The van der Waals surface area contributed by atoms with Crippen molar-refractivity contribution in [1.82, 2.24) is 25.1 Å². The largest absolute Gasteiger partial charge is 0.508 e. The number of likely N-dealkylation sites (N-methyl/N-ethyl adjacent to an activating group) is 1. The van der Waals surface area contributed by atoms with Gasteiger partial charge >= 0.3 is 6.03 Å². The Hall–Kier alpha value is -4.08. The van der Waals surface area contributed by atoms with E-state index in [2.05, 4.69) is 5.32 Å². The Morgan fingerprint density at radius 2 is 1.62 bits per heavy atom. The number of hydrogen-bond donors (Lipinski definition) is 2. The summed E-state index contributed by atoms with van der Waals surface area (Å²) in [5, 5.41) is 16.4. The van der Waals surface area contributed by atoms with Crippen LogP contribution < -0.4 is 5.32 Å². The van der Waals surface area contributed by atoms with Gasteiger partial charge in [0.1, 0.15) is 18.0 Å². The van der Waals surface area contributed by atoms with Gasteiger partial charge in [0.25, 0.3) is 0 Å². The SMILES string of the molecule is CN1CC(=O)N2[C@@H](Cc3ccc(O)cc3)C(=O)N(Cc3ccc(Cl)cc3)C[C@@H]2N1C(=O)NCc1ccccc1. The molecule has 202 valence electrons. The highest BCUT2D eigenvalue weighted by Gasteiger charge is 2.50. The van der Waals surface area contributed by atoms with E-state index in [0.29, 0.717) is 18.1 Å². The first kappa shape index (κ1) is 26.5. The molecule has 0 bridgehead atoms. The van der Waals surface area contributed by atoms with Crippen LogP contribution in [-0.2, 0) is 29.1 Å². The summed E-state index contributed by atoms with van der Waals surface area (Å²) in [6.45, 7) is 0.757. The molecule has 0 unspecified atom stereocenters. The highest BCUT2D eigenvalue weighted by atomic mass is 35.5. The minimum atomic E-state index is -0.814. The Bertz CT molecular complexity index is 1340. The van der Waals surface area contributed by atoms with Crippen LogP contribution >= 0.6 is 11.6 Å². The second kappa shape index (κ2) is 11.3. The standard InChI is InChI=1S/C29H30ClN5O4/c1-32-19-27(37)34-25(15-20-9-13-24(36)14-10-20)28(38)33(17-22-7-11-23(30)12-8-22)18-26(34)35(32)29(39)31-16-21-5-3-2-4-6-21/h2-14,25-26,36H,15-19H2,1H3,(H,31,39)/t25-,26-/m0/s1. The number of benzene rings is 3. The number of carbonyl (C=O) groups is 3. The van der Waals surface area contributed by atoms with Gasteiger partial charge in [-0.15, -0.1) is 0 Å².